The Labute approximate surface area is 117 Å². The van der Waals surface area contributed by atoms with E-state index >= 15 is 0 Å². The summed E-state index contributed by atoms with van der Waals surface area (Å²) in [6, 6.07) is 7.24. The van der Waals surface area contributed by atoms with Gasteiger partial charge < -0.3 is 9.84 Å². The number of aromatic carboxylic acids is 1. The Morgan fingerprint density at radius 1 is 1.42 bits per heavy atom. The highest BCUT2D eigenvalue weighted by molar-refractivity contribution is 8.00. The summed E-state index contributed by atoms with van der Waals surface area (Å²) < 4.78 is 5.92. The first-order valence-corrected chi connectivity index (χ1v) is 7.69. The first kappa shape index (κ1) is 13.0. The summed E-state index contributed by atoms with van der Waals surface area (Å²) in [5.74, 6) is -0.857. The molecule has 1 N–H and O–H groups in total. The molecule has 2 aliphatic rings. The molecular formula is C15H18O3S. The zero-order chi connectivity index (χ0) is 13.3. The molecule has 1 aromatic carbocycles. The van der Waals surface area contributed by atoms with E-state index < -0.39 is 5.97 Å². The molecule has 3 nitrogen and oxygen atoms in total. The maximum atomic E-state index is 11.0. The zero-order valence-electron chi connectivity index (χ0n) is 10.8. The van der Waals surface area contributed by atoms with E-state index in [1.54, 1.807) is 23.9 Å². The number of carboxylic acids is 1. The van der Waals surface area contributed by atoms with E-state index in [1.165, 1.54) is 19.3 Å². The van der Waals surface area contributed by atoms with Gasteiger partial charge in [0.1, 0.15) is 0 Å². The Kier molecular flexibility index (Phi) is 3.54. The Morgan fingerprint density at radius 2 is 2.26 bits per heavy atom. The molecule has 1 unspecified atom stereocenters. The van der Waals surface area contributed by atoms with Gasteiger partial charge in [-0.05, 0) is 50.3 Å². The van der Waals surface area contributed by atoms with Crippen molar-refractivity contribution in [2.24, 2.45) is 0 Å². The Bertz CT molecular complexity index is 482. The average Bonchev–Trinajstić information content (AvgIpc) is 2.37. The predicted molar refractivity (Wildman–Crippen MR) is 74.8 cm³/mol. The number of hydrogen-bond acceptors (Lipinski definition) is 3. The summed E-state index contributed by atoms with van der Waals surface area (Å²) in [4.78, 5) is 12.0. The van der Waals surface area contributed by atoms with Gasteiger partial charge in [-0.25, -0.2) is 4.79 Å². The lowest BCUT2D eigenvalue weighted by Gasteiger charge is -2.47. The molecule has 1 saturated heterocycles. The van der Waals surface area contributed by atoms with Gasteiger partial charge in [-0.3, -0.25) is 0 Å². The monoisotopic (exact) mass is 278 g/mol. The summed E-state index contributed by atoms with van der Waals surface area (Å²) in [5.41, 5.74) is 0.524. The molecule has 1 atom stereocenters. The van der Waals surface area contributed by atoms with Gasteiger partial charge in [0.25, 0.3) is 0 Å². The lowest BCUT2D eigenvalue weighted by atomic mass is 9.75. The number of rotatable bonds is 3. The van der Waals surface area contributed by atoms with Crippen LogP contribution in [0.1, 0.15) is 42.5 Å². The van der Waals surface area contributed by atoms with Crippen molar-refractivity contribution < 1.29 is 14.6 Å². The van der Waals surface area contributed by atoms with Crippen LogP contribution in [0.4, 0.5) is 0 Å². The molecule has 19 heavy (non-hydrogen) atoms. The molecule has 2 fully saturated rings. The number of carboxylic acid groups (broad SMARTS) is 1. The Hall–Kier alpha value is -1.00. The summed E-state index contributed by atoms with van der Waals surface area (Å²) in [5, 5.41) is 9.57. The lowest BCUT2D eigenvalue weighted by molar-refractivity contribution is -0.125. The Morgan fingerprint density at radius 3 is 2.95 bits per heavy atom. The normalized spacial score (nSPS) is 24.9. The molecule has 0 bridgehead atoms. The van der Waals surface area contributed by atoms with Crippen molar-refractivity contribution in [1.82, 2.24) is 0 Å². The van der Waals surface area contributed by atoms with E-state index in [0.717, 1.165) is 24.3 Å². The van der Waals surface area contributed by atoms with Crippen LogP contribution in [-0.4, -0.2) is 28.5 Å². The zero-order valence-corrected chi connectivity index (χ0v) is 11.6. The molecule has 1 aliphatic carbocycles. The highest BCUT2D eigenvalue weighted by Gasteiger charge is 2.42. The van der Waals surface area contributed by atoms with Crippen LogP contribution in [-0.2, 0) is 4.74 Å². The number of hydrogen-bond donors (Lipinski definition) is 1. The third-order valence-electron chi connectivity index (χ3n) is 4.10. The van der Waals surface area contributed by atoms with Gasteiger partial charge in [0, 0.05) is 16.8 Å². The maximum Gasteiger partial charge on any atom is 0.335 e. The van der Waals surface area contributed by atoms with Gasteiger partial charge in [-0.2, -0.15) is 0 Å². The molecule has 0 aromatic heterocycles. The van der Waals surface area contributed by atoms with Gasteiger partial charge >= 0.3 is 5.97 Å². The number of carbonyl (C=O) groups is 1. The van der Waals surface area contributed by atoms with Gasteiger partial charge in [-0.1, -0.05) is 6.07 Å². The SMILES string of the molecule is O=C(O)c1cccc(SC2CCOC3(CCC3)C2)c1. The van der Waals surface area contributed by atoms with E-state index in [-0.39, 0.29) is 5.60 Å². The maximum absolute atomic E-state index is 11.0. The second-order valence-corrected chi connectivity index (χ2v) is 6.82. The number of thioether (sulfide) groups is 1. The van der Waals surface area contributed by atoms with Crippen molar-refractivity contribution in [2.75, 3.05) is 6.61 Å². The fraction of sp³-hybridized carbons (Fsp3) is 0.533. The molecule has 1 heterocycles. The van der Waals surface area contributed by atoms with Crippen LogP contribution in [0.5, 0.6) is 0 Å². The summed E-state index contributed by atoms with van der Waals surface area (Å²) in [6.45, 7) is 0.844. The largest absolute Gasteiger partial charge is 0.478 e. The number of benzene rings is 1. The van der Waals surface area contributed by atoms with Crippen molar-refractivity contribution in [2.45, 2.75) is 47.9 Å². The van der Waals surface area contributed by atoms with Gasteiger partial charge in [0.2, 0.25) is 0 Å². The smallest absolute Gasteiger partial charge is 0.335 e. The van der Waals surface area contributed by atoms with Crippen LogP contribution in [0.25, 0.3) is 0 Å². The minimum Gasteiger partial charge on any atom is -0.478 e. The second-order valence-electron chi connectivity index (χ2n) is 5.45. The third-order valence-corrected chi connectivity index (χ3v) is 5.36. The lowest BCUT2D eigenvalue weighted by Crippen LogP contribution is -2.46. The van der Waals surface area contributed by atoms with E-state index in [0.29, 0.717) is 10.8 Å². The van der Waals surface area contributed by atoms with Crippen molar-refractivity contribution in [1.29, 1.82) is 0 Å². The van der Waals surface area contributed by atoms with E-state index in [1.807, 2.05) is 12.1 Å². The predicted octanol–water partition coefficient (Wildman–Crippen LogP) is 3.58. The van der Waals surface area contributed by atoms with Crippen LogP contribution in [0.2, 0.25) is 0 Å². The Balaban J connectivity index is 1.67. The highest BCUT2D eigenvalue weighted by Crippen LogP contribution is 2.46. The molecule has 1 spiro atoms. The first-order chi connectivity index (χ1) is 9.17. The highest BCUT2D eigenvalue weighted by atomic mass is 32.2. The van der Waals surface area contributed by atoms with Crippen molar-refractivity contribution >= 4 is 17.7 Å². The number of ether oxygens (including phenoxy) is 1. The molecule has 1 saturated carbocycles. The quantitative estimate of drug-likeness (QED) is 0.918. The molecular weight excluding hydrogens is 260 g/mol. The molecule has 102 valence electrons. The van der Waals surface area contributed by atoms with Crippen molar-refractivity contribution in [3.8, 4) is 0 Å². The van der Waals surface area contributed by atoms with Crippen molar-refractivity contribution in [3.05, 3.63) is 29.8 Å². The van der Waals surface area contributed by atoms with E-state index in [9.17, 15) is 4.79 Å². The molecule has 4 heteroatoms. The molecule has 0 amide bonds. The van der Waals surface area contributed by atoms with Gasteiger partial charge in [-0.15, -0.1) is 11.8 Å². The van der Waals surface area contributed by atoms with Gasteiger partial charge in [0.05, 0.1) is 11.2 Å². The van der Waals surface area contributed by atoms with Crippen LogP contribution < -0.4 is 0 Å². The van der Waals surface area contributed by atoms with Gasteiger partial charge in [0.15, 0.2) is 0 Å². The third kappa shape index (κ3) is 2.79. The molecule has 0 radical (unpaired) electrons. The average molecular weight is 278 g/mol. The summed E-state index contributed by atoms with van der Waals surface area (Å²) in [7, 11) is 0. The molecule has 1 aromatic rings. The van der Waals surface area contributed by atoms with Crippen LogP contribution in [0, 0.1) is 0 Å². The van der Waals surface area contributed by atoms with Crippen LogP contribution in [0.3, 0.4) is 0 Å². The first-order valence-electron chi connectivity index (χ1n) is 6.81. The molecule has 1 aliphatic heterocycles. The topological polar surface area (TPSA) is 46.5 Å². The van der Waals surface area contributed by atoms with E-state index in [4.69, 9.17) is 9.84 Å². The fourth-order valence-corrected chi connectivity index (χ4v) is 4.24. The standard InChI is InChI=1S/C15H18O3S/c16-14(17)11-3-1-4-12(9-11)19-13-5-8-18-15(10-13)6-2-7-15/h1,3-4,9,13H,2,5-8,10H2,(H,16,17). The minimum atomic E-state index is -0.857. The fourth-order valence-electron chi connectivity index (χ4n) is 2.90. The molecule has 3 rings (SSSR count). The second kappa shape index (κ2) is 5.17. The summed E-state index contributed by atoms with van der Waals surface area (Å²) >= 11 is 1.80. The summed E-state index contributed by atoms with van der Waals surface area (Å²) in [6.07, 6.45) is 5.84. The van der Waals surface area contributed by atoms with Crippen LogP contribution in [0.15, 0.2) is 29.2 Å². The van der Waals surface area contributed by atoms with Crippen LogP contribution >= 0.6 is 11.8 Å². The minimum absolute atomic E-state index is 0.153. The van der Waals surface area contributed by atoms with Crippen molar-refractivity contribution in [3.63, 3.8) is 0 Å². The van der Waals surface area contributed by atoms with E-state index in [2.05, 4.69) is 0 Å².